The molecular weight excluding hydrogens is 805 g/mol. The summed E-state index contributed by atoms with van der Waals surface area (Å²) >= 11 is 0. The number of hydrogen-bond donors (Lipinski definition) is 5. The molecular formula is C51H58N8O5. The summed E-state index contributed by atoms with van der Waals surface area (Å²) in [6.45, 7) is 12.5. The van der Waals surface area contributed by atoms with E-state index in [2.05, 4.69) is 81.8 Å². The highest BCUT2D eigenvalue weighted by atomic mass is 16.5. The average molecular weight is 863 g/mol. The van der Waals surface area contributed by atoms with Crippen molar-refractivity contribution >= 4 is 61.5 Å². The fourth-order valence-electron chi connectivity index (χ4n) is 10.3. The Morgan fingerprint density at radius 1 is 0.906 bits per heavy atom. The molecule has 64 heavy (non-hydrogen) atoms. The number of fused-ring (bicyclic) bond motifs is 8. The lowest BCUT2D eigenvalue weighted by atomic mass is 9.96. The number of hydrogen-bond acceptors (Lipinski definition) is 8. The number of likely N-dealkylation sites (tertiary alicyclic amines) is 2. The maximum atomic E-state index is 14.5. The van der Waals surface area contributed by atoms with Gasteiger partial charge in [-0.1, -0.05) is 88.1 Å². The summed E-state index contributed by atoms with van der Waals surface area (Å²) in [5.41, 5.74) is 6.34. The largest absolute Gasteiger partial charge is 0.453 e. The van der Waals surface area contributed by atoms with Crippen LogP contribution in [0.3, 0.4) is 0 Å². The molecule has 13 nitrogen and oxygen atoms in total. The van der Waals surface area contributed by atoms with Crippen LogP contribution in [0, 0.1) is 11.8 Å². The fourth-order valence-corrected chi connectivity index (χ4v) is 10.3. The third kappa shape index (κ3) is 7.85. The van der Waals surface area contributed by atoms with Crippen LogP contribution < -0.4 is 10.6 Å². The number of carbonyl (C=O) groups is 3. The smallest absolute Gasteiger partial charge is 0.407 e. The second kappa shape index (κ2) is 17.7. The summed E-state index contributed by atoms with van der Waals surface area (Å²) in [7, 11) is 1.30. The lowest BCUT2D eigenvalue weighted by molar-refractivity contribution is -0.138. The lowest BCUT2D eigenvalue weighted by Gasteiger charge is -2.37. The number of imidazole rings is 2. The van der Waals surface area contributed by atoms with E-state index < -0.39 is 24.4 Å². The number of ether oxygens (including phenoxy) is 1. The molecule has 3 aliphatic rings. The van der Waals surface area contributed by atoms with Crippen molar-refractivity contribution in [3.8, 4) is 11.1 Å². The third-order valence-electron chi connectivity index (χ3n) is 13.7. The van der Waals surface area contributed by atoms with Crippen molar-refractivity contribution in [3.63, 3.8) is 0 Å². The number of nitrogens with one attached hydrogen (secondary N) is 4. The van der Waals surface area contributed by atoms with Crippen molar-refractivity contribution in [2.75, 3.05) is 13.7 Å². The van der Waals surface area contributed by atoms with Gasteiger partial charge in [0.15, 0.2) is 0 Å². The van der Waals surface area contributed by atoms with Crippen LogP contribution >= 0.6 is 0 Å². The van der Waals surface area contributed by atoms with E-state index in [1.54, 1.807) is 0 Å². The van der Waals surface area contributed by atoms with Crippen LogP contribution in [-0.2, 0) is 14.3 Å². The minimum Gasteiger partial charge on any atom is -0.453 e. The molecule has 2 aliphatic heterocycles. The highest BCUT2D eigenvalue weighted by molar-refractivity contribution is 6.07. The summed E-state index contributed by atoms with van der Waals surface area (Å²) in [4.78, 5) is 61.6. The Bertz CT molecular complexity index is 2840. The highest BCUT2D eigenvalue weighted by Gasteiger charge is 2.51. The molecule has 3 fully saturated rings. The molecule has 5 N–H and O–H groups in total. The van der Waals surface area contributed by atoms with Gasteiger partial charge in [0.1, 0.15) is 30.0 Å². The van der Waals surface area contributed by atoms with Crippen molar-refractivity contribution in [3.05, 3.63) is 109 Å². The number of aliphatic hydroxyl groups excluding tert-OH is 1. The first-order chi connectivity index (χ1) is 31.0. The summed E-state index contributed by atoms with van der Waals surface area (Å²) in [6, 6.07) is 19.5. The normalized spacial score (nSPS) is 21.4. The predicted octanol–water partition coefficient (Wildman–Crippen LogP) is 8.88. The van der Waals surface area contributed by atoms with Crippen molar-refractivity contribution in [1.29, 1.82) is 0 Å². The van der Waals surface area contributed by atoms with E-state index in [9.17, 15) is 19.5 Å². The van der Waals surface area contributed by atoms with Gasteiger partial charge in [0, 0.05) is 23.4 Å². The number of aromatic amines is 2. The van der Waals surface area contributed by atoms with E-state index in [0.29, 0.717) is 24.5 Å². The van der Waals surface area contributed by atoms with Crippen molar-refractivity contribution in [2.45, 2.75) is 103 Å². The highest BCUT2D eigenvalue weighted by Crippen LogP contribution is 2.50. The number of aromatic nitrogens is 4. The van der Waals surface area contributed by atoms with Crippen LogP contribution in [0.5, 0.6) is 0 Å². The van der Waals surface area contributed by atoms with Crippen LogP contribution in [0.15, 0.2) is 97.1 Å². The summed E-state index contributed by atoms with van der Waals surface area (Å²) in [6.07, 6.45) is 11.1. The van der Waals surface area contributed by atoms with Gasteiger partial charge in [-0.3, -0.25) is 14.9 Å². The van der Waals surface area contributed by atoms with E-state index in [4.69, 9.17) is 14.7 Å². The van der Waals surface area contributed by atoms with E-state index in [0.717, 1.165) is 98.5 Å². The zero-order chi connectivity index (χ0) is 44.8. The molecule has 3 amide bonds. The summed E-state index contributed by atoms with van der Waals surface area (Å²) in [5.74, 6) is 1.49. The number of alkyl carbamates (subject to hydrolysis) is 1. The van der Waals surface area contributed by atoms with Crippen LogP contribution in [-0.4, -0.2) is 90.8 Å². The van der Waals surface area contributed by atoms with Crippen LogP contribution in [0.4, 0.5) is 4.79 Å². The Morgan fingerprint density at radius 2 is 1.56 bits per heavy atom. The van der Waals surface area contributed by atoms with Gasteiger partial charge in [-0.05, 0) is 109 Å². The molecule has 1 aliphatic carbocycles. The quantitative estimate of drug-likeness (QED) is 0.0567. The zero-order valence-electron chi connectivity index (χ0n) is 37.2. The number of amides is 3. The molecule has 4 aromatic carbocycles. The number of carbonyl (C=O) groups excluding carboxylic acids is 3. The molecule has 2 bridgehead atoms. The van der Waals surface area contributed by atoms with Crippen molar-refractivity contribution in [2.24, 2.45) is 11.8 Å². The number of rotatable bonds is 13. The van der Waals surface area contributed by atoms with Gasteiger partial charge < -0.3 is 34.9 Å². The molecule has 1 unspecified atom stereocenters. The maximum absolute atomic E-state index is 14.5. The molecule has 4 heterocycles. The first-order valence-electron chi connectivity index (χ1n) is 22.7. The SMILES string of the molecule is C=C(/C=C\C=C/C)[C@@H](NC(O)CC)C(=O)N1[C@@H]2CC[C@@H](C2)[C@H]1c1nc2ccc3cc(-c4ccc5c(ccc6nc([C@@H]7CCCN7C(=O)[C@@H](NC(=O)OC)C(C)C)[nH]c65)c4)ccc3c2[nH]1. The van der Waals surface area contributed by atoms with Gasteiger partial charge in [-0.15, -0.1) is 0 Å². The third-order valence-corrected chi connectivity index (χ3v) is 13.7. The number of piperidine rings is 1. The average Bonchev–Trinajstić information content (AvgIpc) is 4.17. The van der Waals surface area contributed by atoms with Gasteiger partial charge in [-0.2, -0.15) is 0 Å². The molecule has 1 saturated carbocycles. The molecule has 13 heteroatoms. The number of methoxy groups -OCH3 is 1. The molecule has 0 radical (unpaired) electrons. The molecule has 2 aromatic heterocycles. The maximum Gasteiger partial charge on any atom is 0.407 e. The Morgan fingerprint density at radius 3 is 2.19 bits per heavy atom. The van der Waals surface area contributed by atoms with Crippen LogP contribution in [0.2, 0.25) is 0 Å². The van der Waals surface area contributed by atoms with Crippen molar-refractivity contribution in [1.82, 2.24) is 40.4 Å². The second-order valence-electron chi connectivity index (χ2n) is 18.0. The number of H-pyrrole nitrogens is 2. The molecule has 2 saturated heterocycles. The number of allylic oxidation sites excluding steroid dienone is 3. The first kappa shape index (κ1) is 43.0. The van der Waals surface area contributed by atoms with E-state index in [1.165, 1.54) is 7.11 Å². The van der Waals surface area contributed by atoms with Crippen LogP contribution in [0.25, 0.3) is 54.7 Å². The second-order valence-corrected chi connectivity index (χ2v) is 18.0. The Balaban J connectivity index is 0.982. The molecule has 332 valence electrons. The van der Waals surface area contributed by atoms with Gasteiger partial charge in [0.25, 0.3) is 0 Å². The van der Waals surface area contributed by atoms with E-state index in [-0.39, 0.29) is 35.9 Å². The molecule has 6 aromatic rings. The molecule has 7 atom stereocenters. The Labute approximate surface area is 373 Å². The summed E-state index contributed by atoms with van der Waals surface area (Å²) in [5, 5.41) is 20.7. The predicted molar refractivity (Wildman–Crippen MR) is 251 cm³/mol. The monoisotopic (exact) mass is 862 g/mol. The molecule has 0 spiro atoms. The Hall–Kier alpha value is -6.31. The number of aliphatic hydroxyl groups is 1. The molecule has 9 rings (SSSR count). The minimum absolute atomic E-state index is 0.0857. The van der Waals surface area contributed by atoms with Crippen LogP contribution in [0.1, 0.15) is 90.0 Å². The van der Waals surface area contributed by atoms with Gasteiger partial charge in [0.2, 0.25) is 11.8 Å². The van der Waals surface area contributed by atoms with Crippen molar-refractivity contribution < 1.29 is 24.2 Å². The first-order valence-corrected chi connectivity index (χ1v) is 22.7. The standard InChI is InChI=1S/C51H58N8O5/c1-7-9-10-12-29(5)43(54-41(60)8-2)50(62)59-35-19-14-34(27-35)46(59)48-53-39-23-18-33-26-31(16-21-37(33)45(39)56-48)30-15-20-36-32(25-30)17-22-38-44(36)55-47(52-38)40-13-11-24-58(40)49(61)42(28(3)4)57-51(63)64-6/h7,9-10,12,15-18,20-23,25-26,28,34-35,40-43,46,54,60H,5,8,11,13-14,19,24,27H2,1-4,6H3,(H,52,55)(H,53,56)(H,57,63)/b9-7-,12-10-/t34-,35+,40-,41?,42-,43+,46-/m0/s1. The van der Waals surface area contributed by atoms with E-state index in [1.807, 2.05) is 67.9 Å². The summed E-state index contributed by atoms with van der Waals surface area (Å²) < 4.78 is 4.81. The lowest BCUT2D eigenvalue weighted by Crippen LogP contribution is -2.53. The fraction of sp³-hybridized carbons (Fsp3) is 0.392. The van der Waals surface area contributed by atoms with E-state index >= 15 is 0 Å². The minimum atomic E-state index is -0.840. The van der Waals surface area contributed by atoms with Gasteiger partial charge in [0.05, 0.1) is 41.3 Å². The Kier molecular flexibility index (Phi) is 11.9. The van der Waals surface area contributed by atoms with Gasteiger partial charge >= 0.3 is 6.09 Å². The zero-order valence-corrected chi connectivity index (χ0v) is 37.2. The number of benzene rings is 4. The van der Waals surface area contributed by atoms with Gasteiger partial charge in [-0.25, -0.2) is 14.8 Å². The number of nitrogens with zero attached hydrogens (tertiary/aromatic N) is 4. The topological polar surface area (TPSA) is 169 Å².